The van der Waals surface area contributed by atoms with Crippen LogP contribution in [0.15, 0.2) is 22.7 Å². The van der Waals surface area contributed by atoms with Crippen molar-refractivity contribution < 1.29 is 0 Å². The fourth-order valence-corrected chi connectivity index (χ4v) is 4.95. The third-order valence-electron chi connectivity index (χ3n) is 3.64. The second-order valence-corrected chi connectivity index (χ2v) is 8.08. The summed E-state index contributed by atoms with van der Waals surface area (Å²) in [6.45, 7) is 0. The van der Waals surface area contributed by atoms with E-state index in [1.54, 1.807) is 11.3 Å². The lowest BCUT2D eigenvalue weighted by Crippen LogP contribution is -2.28. The van der Waals surface area contributed by atoms with Crippen LogP contribution in [0.25, 0.3) is 10.2 Å². The lowest BCUT2D eigenvalue weighted by atomic mass is 9.95. The van der Waals surface area contributed by atoms with Gasteiger partial charge in [0.05, 0.1) is 10.2 Å². The lowest BCUT2D eigenvalue weighted by molar-refractivity contribution is 0.473. The van der Waals surface area contributed by atoms with E-state index < -0.39 is 0 Å². The number of rotatable bonds is 3. The molecule has 2 unspecified atom stereocenters. The van der Waals surface area contributed by atoms with Gasteiger partial charge in [0, 0.05) is 15.8 Å². The second-order valence-electron chi connectivity index (χ2n) is 5.00. The molecule has 0 saturated heterocycles. The van der Waals surface area contributed by atoms with E-state index in [9.17, 15) is 0 Å². The van der Waals surface area contributed by atoms with Crippen LogP contribution in [0.5, 0.6) is 0 Å². The van der Waals surface area contributed by atoms with Gasteiger partial charge in [0.15, 0.2) is 5.13 Å². The molecule has 2 atom stereocenters. The molecule has 0 radical (unpaired) electrons. The Morgan fingerprint density at radius 3 is 3.16 bits per heavy atom. The molecule has 5 heteroatoms. The van der Waals surface area contributed by atoms with E-state index >= 15 is 0 Å². The van der Waals surface area contributed by atoms with Gasteiger partial charge in [0.2, 0.25) is 0 Å². The number of fused-ring (bicyclic) bond motifs is 1. The number of halogens is 1. The van der Waals surface area contributed by atoms with Gasteiger partial charge in [0.1, 0.15) is 0 Å². The van der Waals surface area contributed by atoms with Gasteiger partial charge in [0.25, 0.3) is 0 Å². The van der Waals surface area contributed by atoms with Gasteiger partial charge in [-0.15, -0.1) is 0 Å². The third kappa shape index (κ3) is 3.26. The van der Waals surface area contributed by atoms with Crippen LogP contribution in [0.3, 0.4) is 0 Å². The molecule has 0 spiro atoms. The molecule has 0 bridgehead atoms. The summed E-state index contributed by atoms with van der Waals surface area (Å²) >= 11 is 7.27. The molecular formula is C14H17BrN2S2. The monoisotopic (exact) mass is 356 g/mol. The summed E-state index contributed by atoms with van der Waals surface area (Å²) in [5.74, 6) is 0. The summed E-state index contributed by atoms with van der Waals surface area (Å²) in [5.41, 5.74) is 1.09. The van der Waals surface area contributed by atoms with E-state index in [4.69, 9.17) is 0 Å². The standard InChI is InChI=1S/C14H17BrN2S2/c1-18-11-4-2-3-10(8-11)16-14-17-12-6-5-9(15)7-13(12)19-14/h5-7,10-11H,2-4,8H2,1H3,(H,16,17). The highest BCUT2D eigenvalue weighted by Gasteiger charge is 2.21. The fraction of sp³-hybridized carbons (Fsp3) is 0.500. The Morgan fingerprint density at radius 1 is 1.42 bits per heavy atom. The van der Waals surface area contributed by atoms with Crippen molar-refractivity contribution in [1.29, 1.82) is 0 Å². The van der Waals surface area contributed by atoms with Crippen molar-refractivity contribution in [3.63, 3.8) is 0 Å². The van der Waals surface area contributed by atoms with Crippen LogP contribution in [0.4, 0.5) is 5.13 Å². The molecule has 1 aliphatic rings. The molecule has 1 aliphatic carbocycles. The highest BCUT2D eigenvalue weighted by atomic mass is 79.9. The molecule has 19 heavy (non-hydrogen) atoms. The Balaban J connectivity index is 1.74. The van der Waals surface area contributed by atoms with Crippen molar-refractivity contribution in [2.75, 3.05) is 11.6 Å². The minimum atomic E-state index is 0.593. The number of anilines is 1. The zero-order chi connectivity index (χ0) is 13.2. The van der Waals surface area contributed by atoms with Gasteiger partial charge in [-0.3, -0.25) is 0 Å². The van der Waals surface area contributed by atoms with Gasteiger partial charge in [-0.2, -0.15) is 11.8 Å². The average Bonchev–Trinajstić information content (AvgIpc) is 2.80. The summed E-state index contributed by atoms with van der Waals surface area (Å²) in [4.78, 5) is 4.68. The van der Waals surface area contributed by atoms with Gasteiger partial charge in [-0.25, -0.2) is 4.98 Å². The molecule has 1 aromatic carbocycles. The normalized spacial score (nSPS) is 23.7. The molecule has 3 rings (SSSR count). The highest BCUT2D eigenvalue weighted by molar-refractivity contribution is 9.10. The zero-order valence-corrected chi connectivity index (χ0v) is 14.1. The first-order chi connectivity index (χ1) is 9.24. The minimum absolute atomic E-state index is 0.593. The second kappa shape index (κ2) is 6.02. The Labute approximate surface area is 130 Å². The quantitative estimate of drug-likeness (QED) is 0.823. The van der Waals surface area contributed by atoms with E-state index in [1.807, 2.05) is 11.8 Å². The predicted molar refractivity (Wildman–Crippen MR) is 90.5 cm³/mol. The number of hydrogen-bond donors (Lipinski definition) is 1. The SMILES string of the molecule is CSC1CCCC(Nc2nc3ccc(Br)cc3s2)C1. The van der Waals surface area contributed by atoms with Gasteiger partial charge in [-0.1, -0.05) is 33.7 Å². The third-order valence-corrected chi connectivity index (χ3v) is 6.17. The topological polar surface area (TPSA) is 24.9 Å². The first kappa shape index (κ1) is 13.7. The van der Waals surface area contributed by atoms with Crippen molar-refractivity contribution in [1.82, 2.24) is 4.98 Å². The Hall–Kier alpha value is -0.260. The molecule has 1 fully saturated rings. The summed E-state index contributed by atoms with van der Waals surface area (Å²) < 4.78 is 2.37. The molecule has 2 nitrogen and oxygen atoms in total. The highest BCUT2D eigenvalue weighted by Crippen LogP contribution is 2.32. The molecule has 0 amide bonds. The van der Waals surface area contributed by atoms with E-state index in [0.29, 0.717) is 6.04 Å². The number of benzene rings is 1. The Kier molecular flexibility index (Phi) is 4.34. The Bertz CT molecular complexity index is 570. The van der Waals surface area contributed by atoms with E-state index in [2.05, 4.69) is 50.7 Å². The number of thiazole rings is 1. The molecule has 2 aromatic rings. The van der Waals surface area contributed by atoms with Gasteiger partial charge >= 0.3 is 0 Å². The number of nitrogens with zero attached hydrogens (tertiary/aromatic N) is 1. The summed E-state index contributed by atoms with van der Waals surface area (Å²) in [6.07, 6.45) is 7.46. The van der Waals surface area contributed by atoms with Crippen LogP contribution in [0.1, 0.15) is 25.7 Å². The number of nitrogens with one attached hydrogen (secondary N) is 1. The van der Waals surface area contributed by atoms with Crippen molar-refractivity contribution in [3.8, 4) is 0 Å². The summed E-state index contributed by atoms with van der Waals surface area (Å²) in [5, 5.41) is 5.52. The fourth-order valence-electron chi connectivity index (χ4n) is 2.62. The molecular weight excluding hydrogens is 340 g/mol. The molecule has 102 valence electrons. The first-order valence-corrected chi connectivity index (χ1v) is 9.50. The van der Waals surface area contributed by atoms with Crippen LogP contribution >= 0.6 is 39.0 Å². The molecule has 1 saturated carbocycles. The Morgan fingerprint density at radius 2 is 2.32 bits per heavy atom. The van der Waals surface area contributed by atoms with Crippen molar-refractivity contribution in [2.24, 2.45) is 0 Å². The van der Waals surface area contributed by atoms with Crippen LogP contribution in [0, 0.1) is 0 Å². The first-order valence-electron chi connectivity index (χ1n) is 6.60. The molecule has 0 aliphatic heterocycles. The van der Waals surface area contributed by atoms with Crippen LogP contribution in [-0.2, 0) is 0 Å². The number of thioether (sulfide) groups is 1. The molecule has 1 aromatic heterocycles. The van der Waals surface area contributed by atoms with Gasteiger partial charge < -0.3 is 5.32 Å². The van der Waals surface area contributed by atoms with Crippen LogP contribution in [-0.4, -0.2) is 22.5 Å². The van der Waals surface area contributed by atoms with Crippen molar-refractivity contribution in [3.05, 3.63) is 22.7 Å². The van der Waals surface area contributed by atoms with Crippen molar-refractivity contribution in [2.45, 2.75) is 37.0 Å². The lowest BCUT2D eigenvalue weighted by Gasteiger charge is -2.28. The zero-order valence-electron chi connectivity index (χ0n) is 10.9. The smallest absolute Gasteiger partial charge is 0.184 e. The predicted octanol–water partition coefficient (Wildman–Crippen LogP) is 5.14. The largest absolute Gasteiger partial charge is 0.359 e. The van der Waals surface area contributed by atoms with E-state index in [0.717, 1.165) is 20.4 Å². The van der Waals surface area contributed by atoms with Crippen LogP contribution < -0.4 is 5.32 Å². The van der Waals surface area contributed by atoms with Gasteiger partial charge in [-0.05, 0) is 43.7 Å². The number of aromatic nitrogens is 1. The summed E-state index contributed by atoms with van der Waals surface area (Å²) in [7, 11) is 0. The minimum Gasteiger partial charge on any atom is -0.359 e. The number of hydrogen-bond acceptors (Lipinski definition) is 4. The van der Waals surface area contributed by atoms with E-state index in [1.165, 1.54) is 30.4 Å². The summed E-state index contributed by atoms with van der Waals surface area (Å²) in [6, 6.07) is 6.86. The maximum atomic E-state index is 4.68. The molecule has 1 N–H and O–H groups in total. The molecule has 1 heterocycles. The van der Waals surface area contributed by atoms with Crippen molar-refractivity contribution >= 4 is 54.4 Å². The maximum absolute atomic E-state index is 4.68. The average molecular weight is 357 g/mol. The van der Waals surface area contributed by atoms with E-state index in [-0.39, 0.29) is 0 Å². The van der Waals surface area contributed by atoms with Crippen LogP contribution in [0.2, 0.25) is 0 Å². The maximum Gasteiger partial charge on any atom is 0.184 e.